The van der Waals surface area contributed by atoms with Crippen molar-refractivity contribution in [3.05, 3.63) is 12.2 Å². The molecule has 0 aliphatic carbocycles. The molecule has 0 radical (unpaired) electrons. The van der Waals surface area contributed by atoms with Gasteiger partial charge in [-0.05, 0) is 38.5 Å². The molecule has 0 aliphatic heterocycles. The van der Waals surface area contributed by atoms with E-state index in [0.717, 1.165) is 51.4 Å². The summed E-state index contributed by atoms with van der Waals surface area (Å²) in [6.07, 6.45) is 12.5. The number of hydrogen-bond acceptors (Lipinski definition) is 3. The van der Waals surface area contributed by atoms with E-state index in [0.29, 0.717) is 12.7 Å². The molecule has 0 aliphatic rings. The van der Waals surface area contributed by atoms with Crippen LogP contribution in [-0.2, 0) is 9.59 Å². The Balaban J connectivity index is 3.28. The molecule has 1 N–H and O–H groups in total. The zero-order valence-electron chi connectivity index (χ0n) is 11.4. The third-order valence-corrected chi connectivity index (χ3v) is 2.87. The molecule has 0 saturated carbocycles. The number of rotatable bonds is 12. The van der Waals surface area contributed by atoms with Gasteiger partial charge < -0.3 is 5.11 Å². The summed E-state index contributed by atoms with van der Waals surface area (Å²) >= 11 is 0. The summed E-state index contributed by atoms with van der Waals surface area (Å²) in [6, 6.07) is 0. The van der Waals surface area contributed by atoms with Gasteiger partial charge in [0.1, 0.15) is 0 Å². The first-order valence-electron chi connectivity index (χ1n) is 7.01. The van der Waals surface area contributed by atoms with E-state index in [1.807, 2.05) is 0 Å². The number of aliphatic hydroxyl groups excluding tert-OH is 1. The second-order valence-electron chi connectivity index (χ2n) is 4.67. The predicted molar refractivity (Wildman–Crippen MR) is 73.4 cm³/mol. The van der Waals surface area contributed by atoms with E-state index < -0.39 is 0 Å². The molecule has 18 heavy (non-hydrogen) atoms. The Kier molecular flexibility index (Phi) is 11.8. The third kappa shape index (κ3) is 11.5. The first-order valence-corrected chi connectivity index (χ1v) is 7.01. The van der Waals surface area contributed by atoms with Gasteiger partial charge in [0.05, 0.1) is 6.10 Å². The molecule has 1 atom stereocenters. The molecule has 0 aromatic heterocycles. The fraction of sp³-hybridized carbons (Fsp3) is 0.733. The van der Waals surface area contributed by atoms with Gasteiger partial charge in [-0.25, -0.2) is 0 Å². The van der Waals surface area contributed by atoms with Crippen molar-refractivity contribution < 1.29 is 14.7 Å². The number of aldehydes is 1. The maximum atomic E-state index is 10.7. The van der Waals surface area contributed by atoms with Crippen molar-refractivity contribution in [2.45, 2.75) is 70.8 Å². The number of Topliss-reactive ketones (excluding diaryl/α,β-unsaturated/α-hetero) is 1. The van der Waals surface area contributed by atoms with Crippen LogP contribution in [0.1, 0.15) is 64.7 Å². The molecule has 0 bridgehead atoms. The van der Waals surface area contributed by atoms with Gasteiger partial charge in [0.15, 0.2) is 12.1 Å². The monoisotopic (exact) mass is 254 g/mol. The fourth-order valence-electron chi connectivity index (χ4n) is 1.81. The summed E-state index contributed by atoms with van der Waals surface area (Å²) < 4.78 is 0. The molecule has 1 unspecified atom stereocenters. The van der Waals surface area contributed by atoms with Crippen LogP contribution >= 0.6 is 0 Å². The van der Waals surface area contributed by atoms with Gasteiger partial charge in [0, 0.05) is 6.42 Å². The minimum absolute atomic E-state index is 0.131. The molecular formula is C15H26O3. The van der Waals surface area contributed by atoms with Crippen LogP contribution in [0.5, 0.6) is 0 Å². The van der Waals surface area contributed by atoms with Crippen molar-refractivity contribution in [1.82, 2.24) is 0 Å². The maximum Gasteiger partial charge on any atom is 0.195 e. The molecule has 3 heteroatoms. The number of unbranched alkanes of at least 4 members (excludes halogenated alkanes) is 3. The lowest BCUT2D eigenvalue weighted by Gasteiger charge is -2.07. The predicted octanol–water partition coefficient (Wildman–Crippen LogP) is 3.20. The molecule has 104 valence electrons. The Morgan fingerprint density at radius 3 is 2.39 bits per heavy atom. The van der Waals surface area contributed by atoms with Gasteiger partial charge in [-0.2, -0.15) is 0 Å². The van der Waals surface area contributed by atoms with Crippen LogP contribution in [0.4, 0.5) is 0 Å². The Bertz CT molecular complexity index is 246. The van der Waals surface area contributed by atoms with Crippen molar-refractivity contribution >= 4 is 12.1 Å². The first kappa shape index (κ1) is 17.0. The van der Waals surface area contributed by atoms with Gasteiger partial charge in [0.2, 0.25) is 0 Å². The quantitative estimate of drug-likeness (QED) is 0.252. The summed E-state index contributed by atoms with van der Waals surface area (Å²) in [5.41, 5.74) is 0. The molecule has 0 amide bonds. The average molecular weight is 254 g/mol. The van der Waals surface area contributed by atoms with Crippen molar-refractivity contribution in [3.63, 3.8) is 0 Å². The SMILES string of the molecule is CCCC(O)CCCCC=CCCCC(=O)C=O. The zero-order valence-corrected chi connectivity index (χ0v) is 11.4. The van der Waals surface area contributed by atoms with E-state index >= 15 is 0 Å². The Morgan fingerprint density at radius 2 is 1.78 bits per heavy atom. The molecule has 0 fully saturated rings. The lowest BCUT2D eigenvalue weighted by atomic mass is 10.1. The topological polar surface area (TPSA) is 54.4 Å². The summed E-state index contributed by atoms with van der Waals surface area (Å²) in [6.45, 7) is 2.08. The molecule has 0 aromatic carbocycles. The van der Waals surface area contributed by atoms with E-state index in [1.165, 1.54) is 0 Å². The zero-order chi connectivity index (χ0) is 13.6. The van der Waals surface area contributed by atoms with Crippen molar-refractivity contribution in [2.75, 3.05) is 0 Å². The summed E-state index contributed by atoms with van der Waals surface area (Å²) in [4.78, 5) is 20.7. The van der Waals surface area contributed by atoms with Crippen LogP contribution in [0.25, 0.3) is 0 Å². The van der Waals surface area contributed by atoms with Crippen LogP contribution in [0.15, 0.2) is 12.2 Å². The smallest absolute Gasteiger partial charge is 0.195 e. The maximum absolute atomic E-state index is 10.7. The number of carbonyl (C=O) groups is 2. The third-order valence-electron chi connectivity index (χ3n) is 2.87. The highest BCUT2D eigenvalue weighted by Gasteiger charge is 2.00. The van der Waals surface area contributed by atoms with Crippen LogP contribution in [0.3, 0.4) is 0 Å². The Hall–Kier alpha value is -0.960. The van der Waals surface area contributed by atoms with Crippen molar-refractivity contribution in [1.29, 1.82) is 0 Å². The summed E-state index contributed by atoms with van der Waals surface area (Å²) in [5.74, 6) is -0.312. The highest BCUT2D eigenvalue weighted by Crippen LogP contribution is 2.08. The number of carbonyl (C=O) groups excluding carboxylic acids is 2. The lowest BCUT2D eigenvalue weighted by molar-refractivity contribution is -0.129. The van der Waals surface area contributed by atoms with Crippen LogP contribution in [0, 0.1) is 0 Å². The van der Waals surface area contributed by atoms with E-state index in [4.69, 9.17) is 0 Å². The van der Waals surface area contributed by atoms with Gasteiger partial charge in [-0.1, -0.05) is 31.9 Å². The summed E-state index contributed by atoms with van der Waals surface area (Å²) in [5, 5.41) is 9.52. The van der Waals surface area contributed by atoms with Gasteiger partial charge >= 0.3 is 0 Å². The molecule has 3 nitrogen and oxygen atoms in total. The Morgan fingerprint density at radius 1 is 1.11 bits per heavy atom. The van der Waals surface area contributed by atoms with E-state index in [2.05, 4.69) is 19.1 Å². The molecule has 0 saturated heterocycles. The van der Waals surface area contributed by atoms with Crippen molar-refractivity contribution in [3.8, 4) is 0 Å². The van der Waals surface area contributed by atoms with E-state index in [1.54, 1.807) is 0 Å². The van der Waals surface area contributed by atoms with Gasteiger partial charge in [-0.3, -0.25) is 9.59 Å². The number of allylic oxidation sites excluding steroid dienone is 2. The van der Waals surface area contributed by atoms with E-state index in [-0.39, 0.29) is 11.9 Å². The van der Waals surface area contributed by atoms with Crippen LogP contribution in [-0.4, -0.2) is 23.3 Å². The lowest BCUT2D eigenvalue weighted by Crippen LogP contribution is -2.04. The van der Waals surface area contributed by atoms with Crippen LogP contribution < -0.4 is 0 Å². The minimum atomic E-state index is -0.312. The second-order valence-corrected chi connectivity index (χ2v) is 4.67. The highest BCUT2D eigenvalue weighted by atomic mass is 16.3. The molecule has 0 spiro atoms. The van der Waals surface area contributed by atoms with Crippen LogP contribution in [0.2, 0.25) is 0 Å². The average Bonchev–Trinajstić information content (AvgIpc) is 2.36. The van der Waals surface area contributed by atoms with Gasteiger partial charge in [-0.15, -0.1) is 0 Å². The normalized spacial score (nSPS) is 12.8. The minimum Gasteiger partial charge on any atom is -0.393 e. The summed E-state index contributed by atoms with van der Waals surface area (Å²) in [7, 11) is 0. The molecule has 0 aromatic rings. The molecular weight excluding hydrogens is 228 g/mol. The first-order chi connectivity index (χ1) is 8.70. The largest absolute Gasteiger partial charge is 0.393 e. The fourth-order valence-corrected chi connectivity index (χ4v) is 1.81. The molecule has 0 rings (SSSR count). The number of hydrogen-bond donors (Lipinski definition) is 1. The number of ketones is 1. The molecule has 0 heterocycles. The Labute approximate surface area is 110 Å². The van der Waals surface area contributed by atoms with Crippen molar-refractivity contribution in [2.24, 2.45) is 0 Å². The number of aliphatic hydroxyl groups is 1. The second kappa shape index (κ2) is 12.5. The van der Waals surface area contributed by atoms with Gasteiger partial charge in [0.25, 0.3) is 0 Å². The standard InChI is InChI=1S/C15H26O3/c1-2-10-14(17)11-8-6-4-3-5-7-9-12-15(18)13-16/h3,5,13-14,17H,2,4,6-12H2,1H3. The van der Waals surface area contributed by atoms with E-state index in [9.17, 15) is 14.7 Å². The highest BCUT2D eigenvalue weighted by molar-refractivity contribution is 6.24.